The second-order valence-electron chi connectivity index (χ2n) is 5.79. The van der Waals surface area contributed by atoms with Crippen molar-refractivity contribution in [2.75, 3.05) is 5.32 Å². The summed E-state index contributed by atoms with van der Waals surface area (Å²) in [4.78, 5) is 22.6. The first kappa shape index (κ1) is 19.7. The zero-order chi connectivity index (χ0) is 21.0. The van der Waals surface area contributed by atoms with Gasteiger partial charge >= 0.3 is 0 Å². The van der Waals surface area contributed by atoms with Gasteiger partial charge in [-0.3, -0.25) is 14.9 Å². The van der Waals surface area contributed by atoms with Crippen molar-refractivity contribution in [3.05, 3.63) is 81.1 Å². The standard InChI is InChI=1S/C20H12ClN3O5/c21-13-1-3-14(4-2-13)23-20(26)12(11-22)9-16-6-8-19(29-16)17-10-15(24(27)28)5-7-18(17)25/h1-10,25H,(H,23,26)/b12-9-. The number of nitrogens with one attached hydrogen (secondary N) is 1. The second-order valence-corrected chi connectivity index (χ2v) is 6.23. The maximum Gasteiger partial charge on any atom is 0.270 e. The summed E-state index contributed by atoms with van der Waals surface area (Å²) in [7, 11) is 0. The largest absolute Gasteiger partial charge is 0.507 e. The molecule has 29 heavy (non-hydrogen) atoms. The maximum absolute atomic E-state index is 12.3. The Labute approximate surface area is 169 Å². The number of carbonyl (C=O) groups excluding carboxylic acids is 1. The van der Waals surface area contributed by atoms with Crippen LogP contribution in [0.5, 0.6) is 5.75 Å². The van der Waals surface area contributed by atoms with Crippen LogP contribution in [-0.2, 0) is 4.79 Å². The van der Waals surface area contributed by atoms with Crippen molar-refractivity contribution in [3.8, 4) is 23.1 Å². The number of rotatable bonds is 5. The summed E-state index contributed by atoms with van der Waals surface area (Å²) in [6, 6.07) is 14.6. The monoisotopic (exact) mass is 409 g/mol. The number of aromatic hydroxyl groups is 1. The third-order valence-electron chi connectivity index (χ3n) is 3.84. The first-order chi connectivity index (χ1) is 13.9. The lowest BCUT2D eigenvalue weighted by atomic mass is 10.1. The molecule has 3 aromatic rings. The van der Waals surface area contributed by atoms with Crippen molar-refractivity contribution in [2.45, 2.75) is 0 Å². The zero-order valence-corrected chi connectivity index (χ0v) is 15.4. The smallest absolute Gasteiger partial charge is 0.270 e. The van der Waals surface area contributed by atoms with E-state index < -0.39 is 10.8 Å². The predicted molar refractivity (Wildman–Crippen MR) is 106 cm³/mol. The van der Waals surface area contributed by atoms with Gasteiger partial charge in [0.15, 0.2) is 0 Å². The number of non-ortho nitro benzene ring substituents is 1. The number of phenolic OH excluding ortho intramolecular Hbond substituents is 1. The van der Waals surface area contributed by atoms with Gasteiger partial charge in [0.05, 0.1) is 10.5 Å². The van der Waals surface area contributed by atoms with E-state index >= 15 is 0 Å². The van der Waals surface area contributed by atoms with Crippen LogP contribution in [0.2, 0.25) is 5.02 Å². The quantitative estimate of drug-likeness (QED) is 0.270. The Kier molecular flexibility index (Phi) is 5.62. The van der Waals surface area contributed by atoms with Crippen molar-refractivity contribution in [1.29, 1.82) is 5.26 Å². The van der Waals surface area contributed by atoms with E-state index in [-0.39, 0.29) is 34.1 Å². The van der Waals surface area contributed by atoms with Crippen molar-refractivity contribution < 1.29 is 19.2 Å². The Hall–Kier alpha value is -4.09. The lowest BCUT2D eigenvalue weighted by molar-refractivity contribution is -0.384. The molecule has 1 heterocycles. The molecule has 144 valence electrons. The molecular formula is C20H12ClN3O5. The molecular weight excluding hydrogens is 398 g/mol. The van der Waals surface area contributed by atoms with Crippen molar-refractivity contribution >= 4 is 35.0 Å². The number of nitro groups is 1. The van der Waals surface area contributed by atoms with Gasteiger partial charge in [0.2, 0.25) is 0 Å². The molecule has 0 aliphatic rings. The minimum atomic E-state index is -0.647. The Balaban J connectivity index is 1.85. The molecule has 9 heteroatoms. The summed E-state index contributed by atoms with van der Waals surface area (Å²) in [5, 5.41) is 33.2. The topological polar surface area (TPSA) is 129 Å². The van der Waals surface area contributed by atoms with Crippen LogP contribution in [0.3, 0.4) is 0 Å². The Morgan fingerprint density at radius 1 is 1.21 bits per heavy atom. The minimum Gasteiger partial charge on any atom is -0.507 e. The number of halogens is 1. The number of nitrogens with zero attached hydrogens (tertiary/aromatic N) is 2. The van der Waals surface area contributed by atoms with E-state index in [0.717, 1.165) is 6.07 Å². The number of carbonyl (C=O) groups is 1. The zero-order valence-electron chi connectivity index (χ0n) is 14.6. The fourth-order valence-corrected chi connectivity index (χ4v) is 2.56. The van der Waals surface area contributed by atoms with Crippen LogP contribution in [0.1, 0.15) is 5.76 Å². The van der Waals surface area contributed by atoms with Gasteiger partial charge in [-0.15, -0.1) is 0 Å². The van der Waals surface area contributed by atoms with E-state index in [9.17, 15) is 25.3 Å². The lowest BCUT2D eigenvalue weighted by Crippen LogP contribution is -2.13. The molecule has 1 aromatic heterocycles. The maximum atomic E-state index is 12.3. The Morgan fingerprint density at radius 2 is 1.93 bits per heavy atom. The van der Waals surface area contributed by atoms with E-state index in [0.29, 0.717) is 10.7 Å². The Bertz CT molecular complexity index is 1160. The van der Waals surface area contributed by atoms with Gasteiger partial charge in [-0.1, -0.05) is 11.6 Å². The molecule has 0 bridgehead atoms. The van der Waals surface area contributed by atoms with E-state index in [4.69, 9.17) is 16.0 Å². The fourth-order valence-electron chi connectivity index (χ4n) is 2.43. The Morgan fingerprint density at radius 3 is 2.59 bits per heavy atom. The van der Waals surface area contributed by atoms with Gasteiger partial charge < -0.3 is 14.8 Å². The number of furan rings is 1. The molecule has 2 N–H and O–H groups in total. The van der Waals surface area contributed by atoms with Gasteiger partial charge in [-0.25, -0.2) is 0 Å². The summed E-state index contributed by atoms with van der Waals surface area (Å²) in [5.41, 5.74) is 0.139. The highest BCUT2D eigenvalue weighted by Gasteiger charge is 2.16. The summed E-state index contributed by atoms with van der Waals surface area (Å²) in [6.45, 7) is 0. The van der Waals surface area contributed by atoms with E-state index in [1.165, 1.54) is 30.3 Å². The fraction of sp³-hybridized carbons (Fsp3) is 0. The van der Waals surface area contributed by atoms with Gasteiger partial charge in [0.25, 0.3) is 11.6 Å². The summed E-state index contributed by atoms with van der Waals surface area (Å²) in [6.07, 6.45) is 1.23. The van der Waals surface area contributed by atoms with Gasteiger partial charge in [0.1, 0.15) is 28.9 Å². The van der Waals surface area contributed by atoms with Crippen molar-refractivity contribution in [3.63, 3.8) is 0 Å². The SMILES string of the molecule is N#C/C(=C/c1ccc(-c2cc([N+](=O)[O-])ccc2O)o1)C(=O)Nc1ccc(Cl)cc1. The molecule has 0 radical (unpaired) electrons. The third kappa shape index (κ3) is 4.61. The van der Waals surface area contributed by atoms with Crippen LogP contribution in [0, 0.1) is 21.4 Å². The highest BCUT2D eigenvalue weighted by Crippen LogP contribution is 2.34. The van der Waals surface area contributed by atoms with E-state index in [1.807, 2.05) is 0 Å². The van der Waals surface area contributed by atoms with Crippen LogP contribution in [0.25, 0.3) is 17.4 Å². The average molecular weight is 410 g/mol. The molecule has 0 aliphatic heterocycles. The average Bonchev–Trinajstić information content (AvgIpc) is 3.16. The minimum absolute atomic E-state index is 0.114. The molecule has 0 saturated carbocycles. The number of hydrogen-bond donors (Lipinski definition) is 2. The molecule has 1 amide bonds. The van der Waals surface area contributed by atoms with Gasteiger partial charge in [0, 0.05) is 28.9 Å². The number of benzene rings is 2. The van der Waals surface area contributed by atoms with E-state index in [1.54, 1.807) is 30.3 Å². The highest BCUT2D eigenvalue weighted by atomic mass is 35.5. The molecule has 8 nitrogen and oxygen atoms in total. The predicted octanol–water partition coefficient (Wildman–Crippen LogP) is 4.76. The van der Waals surface area contributed by atoms with Gasteiger partial charge in [-0.05, 0) is 42.5 Å². The molecule has 0 aliphatic carbocycles. The normalized spacial score (nSPS) is 11.0. The van der Waals surface area contributed by atoms with Crippen LogP contribution < -0.4 is 5.32 Å². The molecule has 0 fully saturated rings. The van der Waals surface area contributed by atoms with Crippen molar-refractivity contribution in [1.82, 2.24) is 0 Å². The second kappa shape index (κ2) is 8.29. The molecule has 0 unspecified atom stereocenters. The van der Waals surface area contributed by atoms with Crippen LogP contribution in [0.4, 0.5) is 11.4 Å². The number of hydrogen-bond acceptors (Lipinski definition) is 6. The van der Waals surface area contributed by atoms with Crippen molar-refractivity contribution in [2.24, 2.45) is 0 Å². The van der Waals surface area contributed by atoms with Crippen LogP contribution in [-0.4, -0.2) is 15.9 Å². The third-order valence-corrected chi connectivity index (χ3v) is 4.09. The molecule has 0 saturated heterocycles. The van der Waals surface area contributed by atoms with Crippen LogP contribution >= 0.6 is 11.6 Å². The molecule has 0 atom stereocenters. The first-order valence-corrected chi connectivity index (χ1v) is 8.51. The van der Waals surface area contributed by atoms with Gasteiger partial charge in [-0.2, -0.15) is 5.26 Å². The summed E-state index contributed by atoms with van der Waals surface area (Å²) < 4.78 is 5.53. The molecule has 2 aromatic carbocycles. The lowest BCUT2D eigenvalue weighted by Gasteiger charge is -2.04. The summed E-state index contributed by atoms with van der Waals surface area (Å²) >= 11 is 5.79. The number of phenols is 1. The first-order valence-electron chi connectivity index (χ1n) is 8.13. The number of anilines is 1. The molecule has 0 spiro atoms. The summed E-state index contributed by atoms with van der Waals surface area (Å²) in [5.74, 6) is -0.547. The number of nitro benzene ring substituents is 1. The number of nitriles is 1. The van der Waals surface area contributed by atoms with E-state index in [2.05, 4.69) is 5.32 Å². The van der Waals surface area contributed by atoms with Crippen LogP contribution in [0.15, 0.2) is 64.6 Å². The molecule has 3 rings (SSSR count). The number of amides is 1. The highest BCUT2D eigenvalue weighted by molar-refractivity contribution is 6.30.